The highest BCUT2D eigenvalue weighted by atomic mass is 16.5. The normalized spacial score (nSPS) is 11.3. The molecular formula is C23H28N2O4. The minimum atomic E-state index is -0.246. The number of benzene rings is 2. The molecule has 0 aliphatic carbocycles. The summed E-state index contributed by atoms with van der Waals surface area (Å²) < 4.78 is 11.2. The van der Waals surface area contributed by atoms with Crippen molar-refractivity contribution in [1.82, 2.24) is 10.2 Å². The van der Waals surface area contributed by atoms with Crippen LogP contribution < -0.4 is 14.8 Å². The molecule has 0 bridgehead atoms. The molecule has 0 saturated carbocycles. The van der Waals surface area contributed by atoms with E-state index in [1.807, 2.05) is 25.1 Å². The van der Waals surface area contributed by atoms with Gasteiger partial charge in [-0.2, -0.15) is 0 Å². The van der Waals surface area contributed by atoms with Crippen molar-refractivity contribution < 1.29 is 19.1 Å². The van der Waals surface area contributed by atoms with E-state index in [1.54, 1.807) is 50.5 Å². The summed E-state index contributed by atoms with van der Waals surface area (Å²) in [4.78, 5) is 26.0. The number of hydrogen-bond acceptors (Lipinski definition) is 4. The van der Waals surface area contributed by atoms with Crippen LogP contribution in [0.1, 0.15) is 35.3 Å². The number of nitrogens with one attached hydrogen (secondary N) is 1. The molecule has 6 nitrogen and oxygen atoms in total. The van der Waals surface area contributed by atoms with E-state index in [2.05, 4.69) is 11.9 Å². The quantitative estimate of drug-likeness (QED) is 0.623. The number of likely N-dealkylation sites (N-methyl/N-ethyl adjacent to an activating group) is 1. The number of carbonyl (C=O) groups is 2. The van der Waals surface area contributed by atoms with Crippen LogP contribution in [0.15, 0.2) is 61.2 Å². The summed E-state index contributed by atoms with van der Waals surface area (Å²) >= 11 is 0. The topological polar surface area (TPSA) is 67.9 Å². The van der Waals surface area contributed by atoms with E-state index in [0.717, 1.165) is 5.56 Å². The van der Waals surface area contributed by atoms with Crippen LogP contribution in [0, 0.1) is 0 Å². The highest BCUT2D eigenvalue weighted by molar-refractivity contribution is 5.94. The van der Waals surface area contributed by atoms with Crippen LogP contribution in [0.25, 0.3) is 0 Å². The summed E-state index contributed by atoms with van der Waals surface area (Å²) in [6, 6.07) is 14.1. The zero-order chi connectivity index (χ0) is 21.2. The second-order valence-corrected chi connectivity index (χ2v) is 6.67. The highest BCUT2D eigenvalue weighted by Crippen LogP contribution is 2.27. The Bertz CT molecular complexity index is 831. The summed E-state index contributed by atoms with van der Waals surface area (Å²) in [5.74, 6) is 0.947. The molecule has 0 aliphatic heterocycles. The fraction of sp³-hybridized carbons (Fsp3) is 0.304. The third kappa shape index (κ3) is 6.38. The molecule has 2 amide bonds. The number of ether oxygens (including phenoxy) is 2. The second kappa shape index (κ2) is 10.9. The van der Waals surface area contributed by atoms with E-state index in [-0.39, 0.29) is 24.5 Å². The van der Waals surface area contributed by atoms with Gasteiger partial charge in [0, 0.05) is 25.2 Å². The number of nitrogens with zero attached hydrogens (tertiary/aromatic N) is 1. The third-order valence-electron chi connectivity index (χ3n) is 4.34. The van der Waals surface area contributed by atoms with Gasteiger partial charge < -0.3 is 19.7 Å². The number of para-hydroxylation sites is 1. The van der Waals surface area contributed by atoms with Gasteiger partial charge in [-0.3, -0.25) is 9.59 Å². The summed E-state index contributed by atoms with van der Waals surface area (Å²) in [6.45, 7) is 5.95. The second-order valence-electron chi connectivity index (χ2n) is 6.67. The van der Waals surface area contributed by atoms with E-state index in [4.69, 9.17) is 9.47 Å². The third-order valence-corrected chi connectivity index (χ3v) is 4.34. The van der Waals surface area contributed by atoms with E-state index in [1.165, 1.54) is 4.90 Å². The maximum absolute atomic E-state index is 12.7. The van der Waals surface area contributed by atoms with Crippen molar-refractivity contribution in [2.24, 2.45) is 0 Å². The molecule has 2 rings (SSSR count). The lowest BCUT2D eigenvalue weighted by atomic mass is 10.0. The Morgan fingerprint density at radius 2 is 1.79 bits per heavy atom. The first-order chi connectivity index (χ1) is 14.0. The standard InChI is InChI=1S/C23H28N2O4/c1-5-15-28-18-13-11-17(12-14-18)23(27)24-20(6-2)19-9-7-8-10-21(19)29-16-22(26)25(3)4/h5,7-14,20H,1,6,15-16H2,2-4H3,(H,24,27). The summed E-state index contributed by atoms with van der Waals surface area (Å²) in [5.41, 5.74) is 1.37. The molecule has 0 aromatic heterocycles. The molecule has 1 atom stereocenters. The van der Waals surface area contributed by atoms with Gasteiger partial charge in [0.25, 0.3) is 11.8 Å². The summed E-state index contributed by atoms with van der Waals surface area (Å²) in [5, 5.41) is 3.04. The summed E-state index contributed by atoms with van der Waals surface area (Å²) in [7, 11) is 3.36. The molecular weight excluding hydrogens is 368 g/mol. The monoisotopic (exact) mass is 396 g/mol. The average molecular weight is 396 g/mol. The minimum Gasteiger partial charge on any atom is -0.490 e. The molecule has 0 heterocycles. The lowest BCUT2D eigenvalue weighted by Crippen LogP contribution is -2.30. The van der Waals surface area contributed by atoms with E-state index in [9.17, 15) is 9.59 Å². The van der Waals surface area contributed by atoms with Crippen LogP contribution in [0.2, 0.25) is 0 Å². The Kier molecular flexibility index (Phi) is 8.27. The maximum atomic E-state index is 12.7. The van der Waals surface area contributed by atoms with Crippen LogP contribution in [0.4, 0.5) is 0 Å². The van der Waals surface area contributed by atoms with Crippen molar-refractivity contribution in [3.05, 3.63) is 72.3 Å². The van der Waals surface area contributed by atoms with Crippen LogP contribution in [0.3, 0.4) is 0 Å². The predicted molar refractivity (Wildman–Crippen MR) is 113 cm³/mol. The Labute approximate surface area is 172 Å². The predicted octanol–water partition coefficient (Wildman–Crippen LogP) is 3.60. The first kappa shape index (κ1) is 22.0. The molecule has 1 unspecified atom stereocenters. The van der Waals surface area contributed by atoms with Gasteiger partial charge in [0.2, 0.25) is 0 Å². The maximum Gasteiger partial charge on any atom is 0.259 e. The molecule has 0 aliphatic rings. The number of carbonyl (C=O) groups excluding carboxylic acids is 2. The first-order valence-electron chi connectivity index (χ1n) is 9.52. The van der Waals surface area contributed by atoms with Crippen molar-refractivity contribution in [1.29, 1.82) is 0 Å². The Morgan fingerprint density at radius 3 is 2.41 bits per heavy atom. The van der Waals surface area contributed by atoms with Crippen molar-refractivity contribution in [3.63, 3.8) is 0 Å². The number of rotatable bonds is 10. The largest absolute Gasteiger partial charge is 0.490 e. The molecule has 29 heavy (non-hydrogen) atoms. The molecule has 1 N–H and O–H groups in total. The molecule has 2 aromatic rings. The van der Waals surface area contributed by atoms with Gasteiger partial charge in [0.1, 0.15) is 18.1 Å². The van der Waals surface area contributed by atoms with Crippen LogP contribution >= 0.6 is 0 Å². The Balaban J connectivity index is 2.10. The highest BCUT2D eigenvalue weighted by Gasteiger charge is 2.18. The van der Waals surface area contributed by atoms with Gasteiger partial charge in [-0.15, -0.1) is 0 Å². The fourth-order valence-corrected chi connectivity index (χ4v) is 2.67. The lowest BCUT2D eigenvalue weighted by Gasteiger charge is -2.21. The van der Waals surface area contributed by atoms with Gasteiger partial charge in [-0.25, -0.2) is 0 Å². The SMILES string of the molecule is C=CCOc1ccc(C(=O)NC(CC)c2ccccc2OCC(=O)N(C)C)cc1. The average Bonchev–Trinajstić information content (AvgIpc) is 2.74. The molecule has 0 saturated heterocycles. The van der Waals surface area contributed by atoms with Crippen LogP contribution in [-0.2, 0) is 4.79 Å². The number of amides is 2. The molecule has 2 aromatic carbocycles. The van der Waals surface area contributed by atoms with Crippen LogP contribution in [0.5, 0.6) is 11.5 Å². The van der Waals surface area contributed by atoms with Crippen molar-refractivity contribution in [2.75, 3.05) is 27.3 Å². The van der Waals surface area contributed by atoms with Gasteiger partial charge in [-0.1, -0.05) is 37.8 Å². The zero-order valence-electron chi connectivity index (χ0n) is 17.2. The molecule has 0 radical (unpaired) electrons. The van der Waals surface area contributed by atoms with Gasteiger partial charge >= 0.3 is 0 Å². The van der Waals surface area contributed by atoms with Gasteiger partial charge in [0.05, 0.1) is 6.04 Å². The number of hydrogen-bond donors (Lipinski definition) is 1. The van der Waals surface area contributed by atoms with Crippen molar-refractivity contribution in [3.8, 4) is 11.5 Å². The van der Waals surface area contributed by atoms with Gasteiger partial charge in [0.15, 0.2) is 6.61 Å². The molecule has 0 fully saturated rings. The molecule has 6 heteroatoms. The fourth-order valence-electron chi connectivity index (χ4n) is 2.67. The smallest absolute Gasteiger partial charge is 0.259 e. The Hall–Kier alpha value is -3.28. The summed E-state index contributed by atoms with van der Waals surface area (Å²) in [6.07, 6.45) is 2.34. The zero-order valence-corrected chi connectivity index (χ0v) is 17.2. The van der Waals surface area contributed by atoms with Gasteiger partial charge in [-0.05, 0) is 36.8 Å². The van der Waals surface area contributed by atoms with E-state index >= 15 is 0 Å². The Morgan fingerprint density at radius 1 is 1.10 bits per heavy atom. The van der Waals surface area contributed by atoms with Crippen molar-refractivity contribution in [2.45, 2.75) is 19.4 Å². The van der Waals surface area contributed by atoms with Crippen LogP contribution in [-0.4, -0.2) is 44.0 Å². The lowest BCUT2D eigenvalue weighted by molar-refractivity contribution is -0.130. The first-order valence-corrected chi connectivity index (χ1v) is 9.52. The van der Waals surface area contributed by atoms with E-state index in [0.29, 0.717) is 30.1 Å². The van der Waals surface area contributed by atoms with Crippen molar-refractivity contribution >= 4 is 11.8 Å². The molecule has 0 spiro atoms. The minimum absolute atomic E-state index is 0.0550. The van der Waals surface area contributed by atoms with E-state index < -0.39 is 0 Å². The molecule has 154 valence electrons.